The summed E-state index contributed by atoms with van der Waals surface area (Å²) < 4.78 is 0. The number of hydrogen-bond acceptors (Lipinski definition) is 1. The van der Waals surface area contributed by atoms with Crippen molar-refractivity contribution in [2.75, 3.05) is 0 Å². The first-order valence-electron chi connectivity index (χ1n) is 5.68. The molecule has 0 bridgehead atoms. The molecule has 0 aliphatic heterocycles. The summed E-state index contributed by atoms with van der Waals surface area (Å²) >= 11 is 0. The van der Waals surface area contributed by atoms with Crippen LogP contribution in [-0.2, 0) is 4.79 Å². The number of allylic oxidation sites excluding steroid dienone is 4. The minimum Gasteiger partial charge on any atom is -0.299 e. The molecule has 16 heavy (non-hydrogen) atoms. The van der Waals surface area contributed by atoms with Crippen molar-refractivity contribution in [3.05, 3.63) is 60.2 Å². The van der Waals surface area contributed by atoms with Gasteiger partial charge in [0.2, 0.25) is 0 Å². The van der Waals surface area contributed by atoms with Crippen LogP contribution in [0.2, 0.25) is 0 Å². The normalized spacial score (nSPS) is 17.3. The van der Waals surface area contributed by atoms with Crippen LogP contribution in [0, 0.1) is 5.92 Å². The lowest BCUT2D eigenvalue weighted by Crippen LogP contribution is -2.17. The van der Waals surface area contributed by atoms with Gasteiger partial charge in [-0.3, -0.25) is 4.79 Å². The molecular weight excluding hydrogens is 196 g/mol. The van der Waals surface area contributed by atoms with Crippen LogP contribution in [-0.4, -0.2) is 5.78 Å². The Bertz CT molecular complexity index is 402. The molecule has 0 saturated carbocycles. The molecule has 0 heterocycles. The van der Waals surface area contributed by atoms with E-state index in [1.54, 1.807) is 6.92 Å². The number of Topliss-reactive ketones (excluding diaryl/α,β-unsaturated/α-hetero) is 1. The van der Waals surface area contributed by atoms with E-state index in [2.05, 4.69) is 24.3 Å². The third-order valence-corrected chi connectivity index (χ3v) is 2.97. The van der Waals surface area contributed by atoms with Crippen LogP contribution < -0.4 is 0 Å². The second kappa shape index (κ2) is 4.93. The summed E-state index contributed by atoms with van der Waals surface area (Å²) in [6.45, 7) is 1.67. The Labute approximate surface area is 96.5 Å². The maximum absolute atomic E-state index is 11.8. The highest BCUT2D eigenvalue weighted by Gasteiger charge is 2.23. The summed E-state index contributed by atoms with van der Waals surface area (Å²) in [5, 5.41) is 0. The molecule has 0 amide bonds. The van der Waals surface area contributed by atoms with Crippen LogP contribution in [0.5, 0.6) is 0 Å². The molecule has 0 aromatic heterocycles. The van der Waals surface area contributed by atoms with Gasteiger partial charge in [0, 0.05) is 5.92 Å². The van der Waals surface area contributed by atoms with E-state index in [1.807, 2.05) is 30.3 Å². The molecule has 1 aromatic carbocycles. The van der Waals surface area contributed by atoms with Crippen molar-refractivity contribution in [3.8, 4) is 0 Å². The molecule has 1 heteroatoms. The van der Waals surface area contributed by atoms with Crippen molar-refractivity contribution in [2.45, 2.75) is 19.3 Å². The maximum Gasteiger partial charge on any atom is 0.138 e. The van der Waals surface area contributed by atoms with Crippen LogP contribution >= 0.6 is 0 Å². The standard InChI is InChI=1S/C15H16O/c1-12(16)15(13-8-4-2-5-9-13)14-10-6-3-7-11-14/h2,4-11,14-15H,3H2,1H3. The van der Waals surface area contributed by atoms with Gasteiger partial charge in [0.25, 0.3) is 0 Å². The number of hydrogen-bond donors (Lipinski definition) is 0. The molecule has 0 radical (unpaired) electrons. The van der Waals surface area contributed by atoms with Gasteiger partial charge in [0.05, 0.1) is 5.92 Å². The van der Waals surface area contributed by atoms with Gasteiger partial charge in [-0.2, -0.15) is 0 Å². The van der Waals surface area contributed by atoms with Crippen LogP contribution in [0.25, 0.3) is 0 Å². The average Bonchev–Trinajstić information content (AvgIpc) is 2.31. The Morgan fingerprint density at radius 1 is 1.19 bits per heavy atom. The second-order valence-electron chi connectivity index (χ2n) is 4.17. The van der Waals surface area contributed by atoms with Gasteiger partial charge in [0.15, 0.2) is 0 Å². The second-order valence-corrected chi connectivity index (χ2v) is 4.17. The minimum atomic E-state index is -0.0333. The lowest BCUT2D eigenvalue weighted by Gasteiger charge is -2.21. The molecule has 2 rings (SSSR count). The van der Waals surface area contributed by atoms with E-state index in [0.717, 1.165) is 12.0 Å². The third-order valence-electron chi connectivity index (χ3n) is 2.97. The van der Waals surface area contributed by atoms with Gasteiger partial charge in [-0.15, -0.1) is 0 Å². The molecule has 0 fully saturated rings. The van der Waals surface area contributed by atoms with Crippen molar-refractivity contribution in [1.29, 1.82) is 0 Å². The van der Waals surface area contributed by atoms with Gasteiger partial charge < -0.3 is 0 Å². The van der Waals surface area contributed by atoms with E-state index in [9.17, 15) is 4.79 Å². The third kappa shape index (κ3) is 2.30. The van der Waals surface area contributed by atoms with E-state index in [0.29, 0.717) is 0 Å². The summed E-state index contributed by atoms with van der Waals surface area (Å²) in [6.07, 6.45) is 9.52. The molecular formula is C15H16O. The number of carbonyl (C=O) groups excluding carboxylic acids is 1. The summed E-state index contributed by atoms with van der Waals surface area (Å²) in [4.78, 5) is 11.8. The van der Waals surface area contributed by atoms with Gasteiger partial charge in [-0.25, -0.2) is 0 Å². The maximum atomic E-state index is 11.8. The topological polar surface area (TPSA) is 17.1 Å². The van der Waals surface area contributed by atoms with Crippen molar-refractivity contribution in [1.82, 2.24) is 0 Å². The lowest BCUT2D eigenvalue weighted by atomic mass is 9.81. The molecule has 0 spiro atoms. The fraction of sp³-hybridized carbons (Fsp3) is 0.267. The molecule has 82 valence electrons. The predicted molar refractivity (Wildman–Crippen MR) is 66.3 cm³/mol. The molecule has 1 aromatic rings. The van der Waals surface area contributed by atoms with Crippen LogP contribution in [0.1, 0.15) is 24.8 Å². The predicted octanol–water partition coefficient (Wildman–Crippen LogP) is 3.49. The van der Waals surface area contributed by atoms with Crippen molar-refractivity contribution >= 4 is 5.78 Å². The van der Waals surface area contributed by atoms with E-state index in [4.69, 9.17) is 0 Å². The first-order chi connectivity index (χ1) is 7.79. The molecule has 0 saturated heterocycles. The Balaban J connectivity index is 2.31. The van der Waals surface area contributed by atoms with Gasteiger partial charge in [-0.1, -0.05) is 54.6 Å². The Morgan fingerprint density at radius 3 is 2.38 bits per heavy atom. The van der Waals surface area contributed by atoms with E-state index >= 15 is 0 Å². The average molecular weight is 212 g/mol. The SMILES string of the molecule is CC(=O)C(c1ccccc1)C1C=CCC=C1. The van der Waals surface area contributed by atoms with Crippen molar-refractivity contribution in [3.63, 3.8) is 0 Å². The molecule has 0 N–H and O–H groups in total. The Kier molecular flexibility index (Phi) is 3.35. The van der Waals surface area contributed by atoms with E-state index in [1.165, 1.54) is 0 Å². The molecule has 1 nitrogen and oxygen atoms in total. The molecule has 1 aliphatic carbocycles. The first-order valence-corrected chi connectivity index (χ1v) is 5.68. The van der Waals surface area contributed by atoms with Gasteiger partial charge >= 0.3 is 0 Å². The lowest BCUT2D eigenvalue weighted by molar-refractivity contribution is -0.118. The zero-order chi connectivity index (χ0) is 11.4. The van der Waals surface area contributed by atoms with Gasteiger partial charge in [-0.05, 0) is 18.9 Å². The van der Waals surface area contributed by atoms with Crippen LogP contribution in [0.3, 0.4) is 0 Å². The first kappa shape index (κ1) is 10.9. The number of rotatable bonds is 3. The minimum absolute atomic E-state index is 0.0333. The van der Waals surface area contributed by atoms with E-state index < -0.39 is 0 Å². The smallest absolute Gasteiger partial charge is 0.138 e. The Hall–Kier alpha value is -1.63. The number of carbonyl (C=O) groups is 1. The quantitative estimate of drug-likeness (QED) is 0.701. The molecule has 1 aliphatic rings. The van der Waals surface area contributed by atoms with Gasteiger partial charge in [0.1, 0.15) is 5.78 Å². The zero-order valence-electron chi connectivity index (χ0n) is 9.47. The largest absolute Gasteiger partial charge is 0.299 e. The Morgan fingerprint density at radius 2 is 1.81 bits per heavy atom. The summed E-state index contributed by atoms with van der Waals surface area (Å²) in [6, 6.07) is 10.0. The van der Waals surface area contributed by atoms with Crippen molar-refractivity contribution < 1.29 is 4.79 Å². The summed E-state index contributed by atoms with van der Waals surface area (Å²) in [5.41, 5.74) is 1.11. The number of benzene rings is 1. The van der Waals surface area contributed by atoms with Crippen LogP contribution in [0.4, 0.5) is 0 Å². The highest BCUT2D eigenvalue weighted by Crippen LogP contribution is 2.29. The highest BCUT2D eigenvalue weighted by atomic mass is 16.1. The zero-order valence-corrected chi connectivity index (χ0v) is 9.47. The van der Waals surface area contributed by atoms with Crippen molar-refractivity contribution in [2.24, 2.45) is 5.92 Å². The fourth-order valence-electron chi connectivity index (χ4n) is 2.22. The molecule has 1 atom stereocenters. The van der Waals surface area contributed by atoms with E-state index in [-0.39, 0.29) is 17.6 Å². The fourth-order valence-corrected chi connectivity index (χ4v) is 2.22. The van der Waals surface area contributed by atoms with Crippen LogP contribution in [0.15, 0.2) is 54.6 Å². The highest BCUT2D eigenvalue weighted by molar-refractivity contribution is 5.84. The summed E-state index contributed by atoms with van der Waals surface area (Å²) in [7, 11) is 0. The monoisotopic (exact) mass is 212 g/mol. The number of ketones is 1. The molecule has 1 unspecified atom stereocenters. The summed E-state index contributed by atoms with van der Waals surface area (Å²) in [5.74, 6) is 0.412.